The van der Waals surface area contributed by atoms with Crippen molar-refractivity contribution in [1.29, 1.82) is 0 Å². The largest absolute Gasteiger partial charge is 0.493 e. The number of methoxy groups -OCH3 is 1. The summed E-state index contributed by atoms with van der Waals surface area (Å²) in [7, 11) is 1.45. The first-order valence-corrected chi connectivity index (χ1v) is 11.5. The van der Waals surface area contributed by atoms with Gasteiger partial charge in [-0.15, -0.1) is 11.3 Å². The Labute approximate surface area is 204 Å². The lowest BCUT2D eigenvalue weighted by Crippen LogP contribution is -2.10. The van der Waals surface area contributed by atoms with Gasteiger partial charge in [-0.1, -0.05) is 47.5 Å². The molecule has 0 amide bonds. The number of thiophene rings is 1. The minimum absolute atomic E-state index is 0.239. The average molecular weight is 497 g/mol. The molecule has 0 atom stereocenters. The molecule has 174 valence electrons. The summed E-state index contributed by atoms with van der Waals surface area (Å²) in [6.45, 7) is 3.50. The SMILES string of the molecule is COc1cc(/C=C(\Cl)c2nc3sc(C)c(-c4ccc(C)cc4)c3c(=O)[nH]2)ccc1OCC(=O)O. The van der Waals surface area contributed by atoms with Crippen molar-refractivity contribution in [3.05, 3.63) is 74.6 Å². The Bertz CT molecular complexity index is 1470. The molecule has 2 aromatic heterocycles. The Morgan fingerprint density at radius 1 is 1.18 bits per heavy atom. The van der Waals surface area contributed by atoms with E-state index in [1.165, 1.54) is 18.4 Å². The number of nitrogens with one attached hydrogen (secondary N) is 1. The number of ether oxygens (including phenoxy) is 2. The molecule has 0 bridgehead atoms. The van der Waals surface area contributed by atoms with Gasteiger partial charge in [0.1, 0.15) is 4.83 Å². The lowest BCUT2D eigenvalue weighted by molar-refractivity contribution is -0.139. The van der Waals surface area contributed by atoms with Crippen LogP contribution in [-0.4, -0.2) is 34.8 Å². The third-order valence-electron chi connectivity index (χ3n) is 5.14. The van der Waals surface area contributed by atoms with E-state index in [-0.39, 0.29) is 16.4 Å². The van der Waals surface area contributed by atoms with E-state index in [0.717, 1.165) is 21.6 Å². The Balaban J connectivity index is 1.71. The molecule has 34 heavy (non-hydrogen) atoms. The van der Waals surface area contributed by atoms with Crippen molar-refractivity contribution in [2.24, 2.45) is 0 Å². The Morgan fingerprint density at radius 3 is 2.59 bits per heavy atom. The van der Waals surface area contributed by atoms with Gasteiger partial charge in [-0.3, -0.25) is 4.79 Å². The summed E-state index contributed by atoms with van der Waals surface area (Å²) in [6, 6.07) is 13.0. The molecule has 2 N–H and O–H groups in total. The van der Waals surface area contributed by atoms with Gasteiger partial charge in [0, 0.05) is 10.4 Å². The van der Waals surface area contributed by atoms with E-state index in [4.69, 9.17) is 26.2 Å². The maximum absolute atomic E-state index is 13.0. The third kappa shape index (κ3) is 4.83. The topological polar surface area (TPSA) is 102 Å². The summed E-state index contributed by atoms with van der Waals surface area (Å²) < 4.78 is 10.5. The van der Waals surface area contributed by atoms with Gasteiger partial charge in [-0.25, -0.2) is 9.78 Å². The minimum Gasteiger partial charge on any atom is -0.493 e. The zero-order valence-electron chi connectivity index (χ0n) is 18.6. The number of H-pyrrole nitrogens is 1. The van der Waals surface area contributed by atoms with Crippen LogP contribution in [0, 0.1) is 13.8 Å². The summed E-state index contributed by atoms with van der Waals surface area (Å²) in [4.78, 5) is 32.8. The highest BCUT2D eigenvalue weighted by atomic mass is 35.5. The highest BCUT2D eigenvalue weighted by Crippen LogP contribution is 2.36. The molecular formula is C25H21ClN2O5S. The quantitative estimate of drug-likeness (QED) is 0.351. The number of aromatic amines is 1. The number of benzene rings is 2. The molecule has 4 rings (SSSR count). The predicted molar refractivity (Wildman–Crippen MR) is 135 cm³/mol. The van der Waals surface area contributed by atoms with Crippen molar-refractivity contribution in [1.82, 2.24) is 9.97 Å². The van der Waals surface area contributed by atoms with Crippen LogP contribution in [0.5, 0.6) is 11.5 Å². The molecule has 0 saturated carbocycles. The van der Waals surface area contributed by atoms with Gasteiger partial charge in [0.25, 0.3) is 5.56 Å². The first kappa shape index (κ1) is 23.5. The molecule has 7 nitrogen and oxygen atoms in total. The van der Waals surface area contributed by atoms with Crippen LogP contribution in [0.2, 0.25) is 0 Å². The average Bonchev–Trinajstić information content (AvgIpc) is 3.14. The molecule has 2 heterocycles. The fourth-order valence-corrected chi connectivity index (χ4v) is 4.81. The number of halogens is 1. The van der Waals surface area contributed by atoms with Crippen molar-refractivity contribution in [2.45, 2.75) is 13.8 Å². The standard InChI is InChI=1S/C25H21ClN2O5S/c1-13-4-7-16(8-5-13)21-14(2)34-25-22(21)24(31)27-23(28-25)17(26)10-15-6-9-18(19(11-15)32-3)33-12-20(29)30/h4-11H,12H2,1-3H3,(H,29,30)(H,27,28,31)/b17-10-. The highest BCUT2D eigenvalue weighted by molar-refractivity contribution is 7.19. The van der Waals surface area contributed by atoms with Crippen LogP contribution >= 0.6 is 22.9 Å². The second-order valence-corrected chi connectivity index (χ2v) is 9.19. The van der Waals surface area contributed by atoms with Crippen LogP contribution < -0.4 is 15.0 Å². The molecule has 2 aromatic carbocycles. The zero-order valence-corrected chi connectivity index (χ0v) is 20.2. The lowest BCUT2D eigenvalue weighted by Gasteiger charge is -2.10. The number of carboxylic acids is 1. The van der Waals surface area contributed by atoms with E-state index in [2.05, 4.69) is 9.97 Å². The maximum atomic E-state index is 13.0. The van der Waals surface area contributed by atoms with Crippen molar-refractivity contribution in [3.63, 3.8) is 0 Å². The van der Waals surface area contributed by atoms with Gasteiger partial charge >= 0.3 is 5.97 Å². The molecular weight excluding hydrogens is 476 g/mol. The van der Waals surface area contributed by atoms with E-state index in [1.54, 1.807) is 24.3 Å². The minimum atomic E-state index is -1.09. The molecule has 0 saturated heterocycles. The number of fused-ring (bicyclic) bond motifs is 1. The van der Waals surface area contributed by atoms with Gasteiger partial charge in [0.2, 0.25) is 0 Å². The Hall–Kier alpha value is -3.62. The number of aromatic nitrogens is 2. The molecule has 0 fully saturated rings. The van der Waals surface area contributed by atoms with Crippen molar-refractivity contribution in [3.8, 4) is 22.6 Å². The molecule has 0 aliphatic carbocycles. The van der Waals surface area contributed by atoms with Crippen LogP contribution in [0.15, 0.2) is 47.3 Å². The number of nitrogens with zero attached hydrogens (tertiary/aromatic N) is 1. The van der Waals surface area contributed by atoms with E-state index >= 15 is 0 Å². The predicted octanol–water partition coefficient (Wildman–Crippen LogP) is 5.48. The van der Waals surface area contributed by atoms with Crippen LogP contribution in [-0.2, 0) is 4.79 Å². The number of aryl methyl sites for hydroxylation is 2. The third-order valence-corrected chi connectivity index (χ3v) is 6.42. The van der Waals surface area contributed by atoms with E-state index in [1.807, 2.05) is 38.1 Å². The summed E-state index contributed by atoms with van der Waals surface area (Å²) in [5, 5.41) is 9.58. The van der Waals surface area contributed by atoms with Gasteiger partial charge in [-0.05, 0) is 43.2 Å². The number of hydrogen-bond donors (Lipinski definition) is 2. The van der Waals surface area contributed by atoms with Gasteiger partial charge in [-0.2, -0.15) is 0 Å². The van der Waals surface area contributed by atoms with Crippen LogP contribution in [0.25, 0.3) is 32.5 Å². The second-order valence-electron chi connectivity index (χ2n) is 7.58. The first-order chi connectivity index (χ1) is 16.3. The fourth-order valence-electron chi connectivity index (χ4n) is 3.55. The molecule has 4 aromatic rings. The fraction of sp³-hybridized carbons (Fsp3) is 0.160. The van der Waals surface area contributed by atoms with Crippen molar-refractivity contribution < 1.29 is 19.4 Å². The maximum Gasteiger partial charge on any atom is 0.341 e. The number of rotatable bonds is 7. The van der Waals surface area contributed by atoms with Crippen LogP contribution in [0.1, 0.15) is 21.8 Å². The van der Waals surface area contributed by atoms with E-state index < -0.39 is 12.6 Å². The number of carbonyl (C=O) groups is 1. The van der Waals surface area contributed by atoms with E-state index in [0.29, 0.717) is 27.3 Å². The highest BCUT2D eigenvalue weighted by Gasteiger charge is 2.17. The van der Waals surface area contributed by atoms with Crippen molar-refractivity contribution in [2.75, 3.05) is 13.7 Å². The number of carboxylic acid groups (broad SMARTS) is 1. The molecule has 9 heteroatoms. The summed E-state index contributed by atoms with van der Waals surface area (Å²) in [5.74, 6) is -0.188. The van der Waals surface area contributed by atoms with E-state index in [9.17, 15) is 9.59 Å². The molecule has 0 aliphatic heterocycles. The lowest BCUT2D eigenvalue weighted by atomic mass is 10.0. The first-order valence-electron chi connectivity index (χ1n) is 10.3. The molecule has 0 aliphatic rings. The van der Waals surface area contributed by atoms with Crippen molar-refractivity contribution >= 4 is 50.2 Å². The zero-order chi connectivity index (χ0) is 24.4. The molecule has 0 unspecified atom stereocenters. The second kappa shape index (κ2) is 9.70. The molecule has 0 radical (unpaired) electrons. The summed E-state index contributed by atoms with van der Waals surface area (Å²) >= 11 is 7.96. The Kier molecular flexibility index (Phi) is 6.72. The Morgan fingerprint density at radius 2 is 1.91 bits per heavy atom. The number of hydrogen-bond acceptors (Lipinski definition) is 6. The number of aliphatic carboxylic acids is 1. The molecule has 0 spiro atoms. The van der Waals surface area contributed by atoms with Crippen LogP contribution in [0.3, 0.4) is 0 Å². The smallest absolute Gasteiger partial charge is 0.341 e. The van der Waals surface area contributed by atoms with Gasteiger partial charge < -0.3 is 19.6 Å². The van der Waals surface area contributed by atoms with Gasteiger partial charge in [0.15, 0.2) is 23.9 Å². The van der Waals surface area contributed by atoms with Crippen LogP contribution in [0.4, 0.5) is 0 Å². The summed E-state index contributed by atoms with van der Waals surface area (Å²) in [5.41, 5.74) is 3.39. The van der Waals surface area contributed by atoms with Gasteiger partial charge in [0.05, 0.1) is 17.5 Å². The monoisotopic (exact) mass is 496 g/mol. The summed E-state index contributed by atoms with van der Waals surface area (Å²) in [6.07, 6.45) is 1.64. The normalized spacial score (nSPS) is 11.6.